The third-order valence-corrected chi connectivity index (χ3v) is 6.31. The second-order valence-corrected chi connectivity index (χ2v) is 8.49. The average molecular weight is 521 g/mol. The molecule has 0 fully saturated rings. The molecule has 4 aromatic rings. The van der Waals surface area contributed by atoms with E-state index in [0.717, 1.165) is 5.56 Å². The molecule has 34 heavy (non-hydrogen) atoms. The van der Waals surface area contributed by atoms with Crippen LogP contribution in [-0.4, -0.2) is 24.2 Å². The molecule has 0 aliphatic carbocycles. The van der Waals surface area contributed by atoms with Crippen LogP contribution in [0.25, 0.3) is 22.4 Å². The molecule has 1 unspecified atom stereocenters. The number of aromatic amines is 1. The van der Waals surface area contributed by atoms with Gasteiger partial charge in [-0.1, -0.05) is 18.2 Å². The van der Waals surface area contributed by atoms with Crippen molar-refractivity contribution in [1.82, 2.24) is 9.97 Å². The Labute approximate surface area is 202 Å². The zero-order chi connectivity index (χ0) is 24.0. The highest BCUT2D eigenvalue weighted by molar-refractivity contribution is 9.10. The predicted molar refractivity (Wildman–Crippen MR) is 128 cm³/mol. The Morgan fingerprint density at radius 1 is 1.18 bits per heavy atom. The van der Waals surface area contributed by atoms with Crippen LogP contribution in [-0.2, 0) is 0 Å². The summed E-state index contributed by atoms with van der Waals surface area (Å²) in [7, 11) is 3.13. The first-order valence-electron chi connectivity index (χ1n) is 10.2. The van der Waals surface area contributed by atoms with E-state index in [2.05, 4.69) is 27.0 Å². The molecule has 1 atom stereocenters. The Morgan fingerprint density at radius 3 is 2.71 bits per heavy atom. The van der Waals surface area contributed by atoms with Crippen LogP contribution in [0.2, 0.25) is 0 Å². The summed E-state index contributed by atoms with van der Waals surface area (Å²) in [6.07, 6.45) is 0. The van der Waals surface area contributed by atoms with E-state index < -0.39 is 11.7 Å². The molecule has 2 heterocycles. The molecule has 170 valence electrons. The standard InChI is InChI=1S/C25H18BrFN4O3/c1-32-19-10-13(9-17(26)23(19)33-2)25-30-18-7-6-15-20(12-4-3-5-14(27)8-12)16(11-28)24(29)34-22(15)21(18)31-25/h3-10,20H,29H2,1-2H3,(H,30,31). The van der Waals surface area contributed by atoms with E-state index in [0.29, 0.717) is 49.7 Å². The first-order valence-corrected chi connectivity index (χ1v) is 11.0. The van der Waals surface area contributed by atoms with Gasteiger partial charge >= 0.3 is 0 Å². The Bertz CT molecular complexity index is 1520. The van der Waals surface area contributed by atoms with Crippen LogP contribution in [0.4, 0.5) is 4.39 Å². The Hall–Kier alpha value is -4.03. The number of hydrogen-bond acceptors (Lipinski definition) is 6. The van der Waals surface area contributed by atoms with Crippen molar-refractivity contribution in [1.29, 1.82) is 5.26 Å². The first kappa shape index (κ1) is 21.8. The molecule has 0 saturated carbocycles. The van der Waals surface area contributed by atoms with Gasteiger partial charge in [-0.2, -0.15) is 5.26 Å². The van der Waals surface area contributed by atoms with E-state index in [1.807, 2.05) is 24.3 Å². The summed E-state index contributed by atoms with van der Waals surface area (Å²) >= 11 is 3.51. The van der Waals surface area contributed by atoms with Crippen molar-refractivity contribution in [3.63, 3.8) is 0 Å². The molecule has 1 aliphatic heterocycles. The summed E-state index contributed by atoms with van der Waals surface area (Å²) in [5, 5.41) is 9.76. The van der Waals surface area contributed by atoms with Crippen molar-refractivity contribution in [2.45, 2.75) is 5.92 Å². The van der Waals surface area contributed by atoms with Crippen LogP contribution in [0.15, 0.2) is 64.5 Å². The van der Waals surface area contributed by atoms with Crippen molar-refractivity contribution < 1.29 is 18.6 Å². The number of imidazole rings is 1. The smallest absolute Gasteiger partial charge is 0.205 e. The van der Waals surface area contributed by atoms with Crippen LogP contribution >= 0.6 is 15.9 Å². The molecule has 0 amide bonds. The zero-order valence-corrected chi connectivity index (χ0v) is 19.7. The van der Waals surface area contributed by atoms with Crippen LogP contribution in [0, 0.1) is 17.1 Å². The highest BCUT2D eigenvalue weighted by Crippen LogP contribution is 2.46. The normalized spacial score (nSPS) is 15.0. The van der Waals surface area contributed by atoms with Crippen molar-refractivity contribution >= 4 is 27.0 Å². The van der Waals surface area contributed by atoms with Gasteiger partial charge in [0.2, 0.25) is 5.88 Å². The van der Waals surface area contributed by atoms with Crippen molar-refractivity contribution in [3.8, 4) is 34.7 Å². The zero-order valence-electron chi connectivity index (χ0n) is 18.1. The summed E-state index contributed by atoms with van der Waals surface area (Å²) in [6, 6.07) is 15.6. The number of nitrogens with zero attached hydrogens (tertiary/aromatic N) is 2. The number of methoxy groups -OCH3 is 2. The molecule has 1 aliphatic rings. The lowest BCUT2D eigenvalue weighted by atomic mass is 9.83. The van der Waals surface area contributed by atoms with E-state index in [-0.39, 0.29) is 11.5 Å². The highest BCUT2D eigenvalue weighted by Gasteiger charge is 2.33. The number of aromatic nitrogens is 2. The predicted octanol–water partition coefficient (Wildman–Crippen LogP) is 5.37. The molecule has 7 nitrogen and oxygen atoms in total. The van der Waals surface area contributed by atoms with Crippen LogP contribution in [0.1, 0.15) is 17.0 Å². The maximum Gasteiger partial charge on any atom is 0.205 e. The number of nitrogens with two attached hydrogens (primary N) is 1. The van der Waals surface area contributed by atoms with Gasteiger partial charge in [-0.05, 0) is 51.8 Å². The summed E-state index contributed by atoms with van der Waals surface area (Å²) in [5.41, 5.74) is 9.64. The largest absolute Gasteiger partial charge is 0.493 e. The third-order valence-electron chi connectivity index (χ3n) is 5.73. The lowest BCUT2D eigenvalue weighted by molar-refractivity contribution is 0.353. The van der Waals surface area contributed by atoms with E-state index in [9.17, 15) is 9.65 Å². The van der Waals surface area contributed by atoms with Gasteiger partial charge in [-0.3, -0.25) is 0 Å². The fraction of sp³-hybridized carbons (Fsp3) is 0.120. The molecular weight excluding hydrogens is 503 g/mol. The number of fused-ring (bicyclic) bond motifs is 3. The number of allylic oxidation sites excluding steroid dienone is 1. The summed E-state index contributed by atoms with van der Waals surface area (Å²) < 4.78 is 31.5. The minimum atomic E-state index is -0.579. The topological polar surface area (TPSA) is 106 Å². The highest BCUT2D eigenvalue weighted by atomic mass is 79.9. The quantitative estimate of drug-likeness (QED) is 0.374. The van der Waals surface area contributed by atoms with Crippen molar-refractivity contribution in [2.75, 3.05) is 14.2 Å². The first-order chi connectivity index (χ1) is 16.4. The Kier molecular flexibility index (Phi) is 5.38. The molecule has 0 radical (unpaired) electrons. The number of hydrogen-bond donors (Lipinski definition) is 2. The van der Waals surface area contributed by atoms with Gasteiger partial charge in [0, 0.05) is 11.1 Å². The summed E-state index contributed by atoms with van der Waals surface area (Å²) in [6.45, 7) is 0. The molecule has 0 spiro atoms. The van der Waals surface area contributed by atoms with Crippen LogP contribution < -0.4 is 19.9 Å². The van der Waals surface area contributed by atoms with Gasteiger partial charge in [0.05, 0.1) is 30.1 Å². The molecule has 0 bridgehead atoms. The third kappa shape index (κ3) is 3.43. The van der Waals surface area contributed by atoms with Crippen molar-refractivity contribution in [3.05, 3.63) is 81.4 Å². The molecule has 1 aromatic heterocycles. The lowest BCUT2D eigenvalue weighted by Gasteiger charge is -2.26. The number of H-pyrrole nitrogens is 1. The average Bonchev–Trinajstić information content (AvgIpc) is 3.27. The number of ether oxygens (including phenoxy) is 3. The monoisotopic (exact) mass is 520 g/mol. The van der Waals surface area contributed by atoms with Gasteiger partial charge in [-0.15, -0.1) is 0 Å². The number of benzene rings is 3. The van der Waals surface area contributed by atoms with E-state index in [1.165, 1.54) is 12.1 Å². The maximum atomic E-state index is 14.0. The molecule has 9 heteroatoms. The fourth-order valence-corrected chi connectivity index (χ4v) is 4.81. The van der Waals surface area contributed by atoms with Gasteiger partial charge < -0.3 is 24.9 Å². The molecular formula is C25H18BrFN4O3. The summed E-state index contributed by atoms with van der Waals surface area (Å²) in [4.78, 5) is 8.06. The maximum absolute atomic E-state index is 14.0. The minimum Gasteiger partial charge on any atom is -0.493 e. The number of nitrogens with one attached hydrogen (secondary N) is 1. The second kappa shape index (κ2) is 8.39. The molecule has 3 aromatic carbocycles. The number of nitriles is 1. The Balaban J connectivity index is 1.69. The second-order valence-electron chi connectivity index (χ2n) is 7.64. The van der Waals surface area contributed by atoms with Crippen LogP contribution in [0.3, 0.4) is 0 Å². The fourth-order valence-electron chi connectivity index (χ4n) is 4.21. The molecule has 0 saturated heterocycles. The number of rotatable bonds is 4. The number of halogens is 2. The van der Waals surface area contributed by atoms with E-state index in [1.54, 1.807) is 26.4 Å². The summed E-state index contributed by atoms with van der Waals surface area (Å²) in [5.74, 6) is 1.10. The van der Waals surface area contributed by atoms with Gasteiger partial charge in [0.25, 0.3) is 0 Å². The van der Waals surface area contributed by atoms with E-state index in [4.69, 9.17) is 24.9 Å². The Morgan fingerprint density at radius 2 is 2.00 bits per heavy atom. The van der Waals surface area contributed by atoms with Gasteiger partial charge in [-0.25, -0.2) is 9.37 Å². The lowest BCUT2D eigenvalue weighted by Crippen LogP contribution is -2.21. The molecule has 3 N–H and O–H groups in total. The van der Waals surface area contributed by atoms with Crippen molar-refractivity contribution in [2.24, 2.45) is 5.73 Å². The van der Waals surface area contributed by atoms with E-state index >= 15 is 0 Å². The molecule has 5 rings (SSSR count). The minimum absolute atomic E-state index is 0.0322. The SMILES string of the molecule is COc1cc(-c2nc3c4c(ccc3[nH]2)C(c2cccc(F)c2)C(C#N)=C(N)O4)cc(Br)c1OC. The van der Waals surface area contributed by atoms with Gasteiger partial charge in [0.15, 0.2) is 17.2 Å². The van der Waals surface area contributed by atoms with Crippen LogP contribution in [0.5, 0.6) is 17.2 Å². The van der Waals surface area contributed by atoms with Gasteiger partial charge in [0.1, 0.15) is 28.8 Å².